The van der Waals surface area contributed by atoms with Crippen LogP contribution in [0.15, 0.2) is 6.07 Å². The molecule has 7 nitrogen and oxygen atoms in total. The molecule has 1 aromatic carbocycles. The number of hydrogen-bond donors (Lipinski definition) is 2. The van der Waals surface area contributed by atoms with E-state index in [9.17, 15) is 23.5 Å². The number of ether oxygens (including phenoxy) is 1. The molecule has 3 aliphatic rings. The third kappa shape index (κ3) is 4.47. The quantitative estimate of drug-likeness (QED) is 0.556. The zero-order chi connectivity index (χ0) is 22.3. The Morgan fingerprint density at radius 2 is 2.00 bits per heavy atom. The number of alkyl halides is 2. The molecule has 178 valence electrons. The van der Waals surface area contributed by atoms with Crippen molar-refractivity contribution in [3.8, 4) is 5.75 Å². The van der Waals surface area contributed by atoms with Crippen LogP contribution in [-0.2, 0) is 4.79 Å². The van der Waals surface area contributed by atoms with Crippen molar-refractivity contribution in [1.82, 2.24) is 5.32 Å². The fourth-order valence-electron chi connectivity index (χ4n) is 4.49. The molecule has 1 aromatic rings. The van der Waals surface area contributed by atoms with Gasteiger partial charge in [-0.2, -0.15) is 0 Å². The minimum Gasteiger partial charge on any atom is -0.492 e. The van der Waals surface area contributed by atoms with E-state index >= 15 is 4.39 Å². The fraction of sp³-hybridized carbons (Fsp3) is 0.619. The minimum atomic E-state index is -1.42. The molecule has 2 N–H and O–H groups in total. The van der Waals surface area contributed by atoms with Crippen LogP contribution in [-0.4, -0.2) is 75.6 Å². The van der Waals surface area contributed by atoms with Crippen LogP contribution in [0.3, 0.4) is 0 Å². The molecule has 1 unspecified atom stereocenters. The predicted molar refractivity (Wildman–Crippen MR) is 115 cm³/mol. The number of benzene rings is 1. The highest BCUT2D eigenvalue weighted by molar-refractivity contribution is 6.14. The molecule has 1 saturated carbocycles. The number of carbonyl (C=O) groups is 2. The Morgan fingerprint density at radius 1 is 1.28 bits per heavy atom. The van der Waals surface area contributed by atoms with Gasteiger partial charge in [0.25, 0.3) is 0 Å². The van der Waals surface area contributed by atoms with Crippen molar-refractivity contribution in [2.75, 3.05) is 56.3 Å². The first kappa shape index (κ1) is 24.4. The molecule has 0 amide bonds. The lowest BCUT2D eigenvalue weighted by atomic mass is 9.89. The van der Waals surface area contributed by atoms with Gasteiger partial charge in [-0.1, -0.05) is 0 Å². The first-order valence-corrected chi connectivity index (χ1v) is 10.5. The average Bonchev–Trinajstić information content (AvgIpc) is 3.49. The number of nitrogens with zero attached hydrogens (tertiary/aromatic N) is 2. The summed E-state index contributed by atoms with van der Waals surface area (Å²) in [7, 11) is 1.30. The Morgan fingerprint density at radius 3 is 2.59 bits per heavy atom. The summed E-state index contributed by atoms with van der Waals surface area (Å²) in [6.45, 7) is -0.484. The molecule has 11 heteroatoms. The number of aliphatic carboxylic acids is 1. The van der Waals surface area contributed by atoms with Gasteiger partial charge in [0.05, 0.1) is 12.8 Å². The number of anilines is 2. The fourth-order valence-corrected chi connectivity index (χ4v) is 4.49. The number of rotatable bonds is 8. The van der Waals surface area contributed by atoms with Crippen LogP contribution in [0.4, 0.5) is 24.5 Å². The third-order valence-electron chi connectivity index (χ3n) is 6.26. The lowest BCUT2D eigenvalue weighted by molar-refractivity contribution is -0.139. The van der Waals surface area contributed by atoms with Crippen molar-refractivity contribution in [3.63, 3.8) is 0 Å². The highest BCUT2D eigenvalue weighted by atomic mass is 35.5. The summed E-state index contributed by atoms with van der Waals surface area (Å²) in [5, 5.41) is 12.7. The van der Waals surface area contributed by atoms with Crippen molar-refractivity contribution in [1.29, 1.82) is 0 Å². The Bertz CT molecular complexity index is 886. The maximum atomic E-state index is 15.2. The van der Waals surface area contributed by atoms with E-state index in [0.717, 1.165) is 18.9 Å². The lowest BCUT2D eigenvalue weighted by Gasteiger charge is -2.36. The van der Waals surface area contributed by atoms with E-state index < -0.39 is 36.3 Å². The summed E-state index contributed by atoms with van der Waals surface area (Å²) in [6, 6.07) is 1.40. The summed E-state index contributed by atoms with van der Waals surface area (Å²) in [4.78, 5) is 27.2. The van der Waals surface area contributed by atoms with Crippen LogP contribution in [0.1, 0.15) is 23.2 Å². The molecular weight excluding hydrogens is 451 g/mol. The van der Waals surface area contributed by atoms with Crippen molar-refractivity contribution in [2.45, 2.75) is 25.1 Å². The van der Waals surface area contributed by atoms with Crippen LogP contribution in [0.25, 0.3) is 0 Å². The van der Waals surface area contributed by atoms with E-state index in [2.05, 4.69) is 5.32 Å². The molecule has 2 fully saturated rings. The van der Waals surface area contributed by atoms with Gasteiger partial charge in [-0.25, -0.2) is 13.2 Å². The highest BCUT2D eigenvalue weighted by Gasteiger charge is 2.42. The summed E-state index contributed by atoms with van der Waals surface area (Å²) in [6.07, 6.45) is 0.999. The van der Waals surface area contributed by atoms with E-state index in [1.54, 1.807) is 4.90 Å². The molecule has 0 aromatic heterocycles. The zero-order valence-corrected chi connectivity index (χ0v) is 18.5. The van der Waals surface area contributed by atoms with E-state index in [4.69, 9.17) is 4.74 Å². The van der Waals surface area contributed by atoms with E-state index in [0.29, 0.717) is 12.6 Å². The van der Waals surface area contributed by atoms with Gasteiger partial charge >= 0.3 is 5.97 Å². The van der Waals surface area contributed by atoms with Gasteiger partial charge < -0.3 is 25.0 Å². The second kappa shape index (κ2) is 9.74. The van der Waals surface area contributed by atoms with Gasteiger partial charge in [0.2, 0.25) is 0 Å². The first-order chi connectivity index (χ1) is 14.8. The number of carboxylic acids is 1. The number of Topliss-reactive ketones (excluding diaryl/α,β-unsaturated/α-hetero) is 1. The Hall–Kier alpha value is -2.20. The molecule has 3 atom stereocenters. The molecule has 1 aliphatic carbocycles. The van der Waals surface area contributed by atoms with E-state index in [1.165, 1.54) is 12.0 Å². The maximum absolute atomic E-state index is 15.2. The summed E-state index contributed by atoms with van der Waals surface area (Å²) < 4.78 is 48.6. The largest absolute Gasteiger partial charge is 0.492 e. The maximum Gasteiger partial charge on any atom is 0.316 e. The van der Waals surface area contributed by atoms with Crippen molar-refractivity contribution >= 4 is 35.5 Å². The van der Waals surface area contributed by atoms with Crippen LogP contribution in [0, 0.1) is 17.7 Å². The van der Waals surface area contributed by atoms with E-state index in [1.807, 2.05) is 0 Å². The number of fused-ring (bicyclic) bond motifs is 1. The minimum absolute atomic E-state index is 0. The summed E-state index contributed by atoms with van der Waals surface area (Å²) in [5.41, 5.74) is 0.0189. The third-order valence-corrected chi connectivity index (χ3v) is 6.26. The summed E-state index contributed by atoms with van der Waals surface area (Å²) in [5.74, 6) is -4.64. The van der Waals surface area contributed by atoms with Crippen molar-refractivity contribution < 1.29 is 32.6 Å². The second-order valence-electron chi connectivity index (χ2n) is 8.39. The van der Waals surface area contributed by atoms with Gasteiger partial charge in [0.15, 0.2) is 17.3 Å². The van der Waals surface area contributed by atoms with Crippen molar-refractivity contribution in [3.05, 3.63) is 17.4 Å². The zero-order valence-electron chi connectivity index (χ0n) is 17.7. The number of hydrogen-bond acceptors (Lipinski definition) is 6. The summed E-state index contributed by atoms with van der Waals surface area (Å²) >= 11 is 0. The molecular formula is C21H27ClF3N3O4. The van der Waals surface area contributed by atoms with E-state index in [-0.39, 0.29) is 67.2 Å². The number of carbonyl (C=O) groups excluding carboxylic acids is 1. The van der Waals surface area contributed by atoms with Crippen LogP contribution in [0.2, 0.25) is 0 Å². The molecule has 32 heavy (non-hydrogen) atoms. The van der Waals surface area contributed by atoms with Gasteiger partial charge in [-0.15, -0.1) is 12.4 Å². The monoisotopic (exact) mass is 477 g/mol. The van der Waals surface area contributed by atoms with Crippen molar-refractivity contribution in [2.24, 2.45) is 11.8 Å². The molecule has 0 bridgehead atoms. The number of halogens is 4. The number of ketones is 1. The molecule has 1 saturated heterocycles. The second-order valence-corrected chi connectivity index (χ2v) is 8.39. The Labute approximate surface area is 190 Å². The van der Waals surface area contributed by atoms with Crippen LogP contribution < -0.4 is 19.9 Å². The number of nitrogens with one attached hydrogen (secondary N) is 1. The topological polar surface area (TPSA) is 82.1 Å². The predicted octanol–water partition coefficient (Wildman–Crippen LogP) is 2.46. The average molecular weight is 478 g/mol. The Kier molecular flexibility index (Phi) is 7.44. The van der Waals surface area contributed by atoms with Crippen LogP contribution >= 0.6 is 12.4 Å². The van der Waals surface area contributed by atoms with Crippen LogP contribution in [0.5, 0.6) is 5.75 Å². The van der Waals surface area contributed by atoms with Gasteiger partial charge in [-0.05, 0) is 18.9 Å². The van der Waals surface area contributed by atoms with Gasteiger partial charge in [0, 0.05) is 50.2 Å². The normalized spacial score (nSPS) is 24.9. The number of carboxylic acid groups (broad SMARTS) is 1. The van der Waals surface area contributed by atoms with Gasteiger partial charge in [-0.3, -0.25) is 9.59 Å². The molecule has 0 spiro atoms. The first-order valence-electron chi connectivity index (χ1n) is 10.5. The smallest absolute Gasteiger partial charge is 0.316 e. The Balaban J connectivity index is 0.00000289. The SMILES string of the molecule is COc1c(N2C[C@H](CNC3CC3)[C@H](F)C2)c(F)cc2c1N(CCF)CC(C(=O)O)C2=O.Cl. The molecule has 4 rings (SSSR count). The molecule has 0 radical (unpaired) electrons. The molecule has 2 heterocycles. The standard InChI is InChI=1S/C21H26F3N3O4.ClH/c1-31-20-17-13(19(28)14(21(29)30)9-26(17)5-4-22)6-15(23)18(20)27-8-11(16(24)10-27)7-25-12-2-3-12;/h6,11-12,14,16,25H,2-5,7-10H2,1H3,(H,29,30);1H/t11-,14?,16+;/m0./s1. The van der Waals surface area contributed by atoms with Gasteiger partial charge in [0.1, 0.15) is 24.5 Å². The molecule has 2 aliphatic heterocycles. The highest BCUT2D eigenvalue weighted by Crippen LogP contribution is 2.47. The number of methoxy groups -OCH3 is 1. The lowest BCUT2D eigenvalue weighted by Crippen LogP contribution is -2.44.